The highest BCUT2D eigenvalue weighted by Gasteiger charge is 2.27. The summed E-state index contributed by atoms with van der Waals surface area (Å²) >= 11 is 0. The number of H-pyrrole nitrogens is 1. The van der Waals surface area contributed by atoms with Gasteiger partial charge in [-0.3, -0.25) is 9.89 Å². The van der Waals surface area contributed by atoms with Crippen molar-refractivity contribution in [1.82, 2.24) is 25.4 Å². The molecule has 4 rings (SSSR count). The summed E-state index contributed by atoms with van der Waals surface area (Å²) < 4.78 is 0. The summed E-state index contributed by atoms with van der Waals surface area (Å²) in [5.74, 6) is 2.35. The topological polar surface area (TPSA) is 73.9 Å². The van der Waals surface area contributed by atoms with Crippen LogP contribution in [0.2, 0.25) is 0 Å². The Kier molecular flexibility index (Phi) is 3.61. The average molecular weight is 311 g/mol. The van der Waals surface area contributed by atoms with Crippen molar-refractivity contribution in [3.8, 4) is 11.4 Å². The van der Waals surface area contributed by atoms with E-state index in [-0.39, 0.29) is 11.9 Å². The smallest absolute Gasteiger partial charge is 0.254 e. The van der Waals surface area contributed by atoms with E-state index in [1.54, 1.807) is 0 Å². The molecule has 1 aliphatic carbocycles. The summed E-state index contributed by atoms with van der Waals surface area (Å²) in [6.07, 6.45) is 2.40. The third-order valence-corrected chi connectivity index (χ3v) is 4.62. The van der Waals surface area contributed by atoms with Crippen molar-refractivity contribution in [2.24, 2.45) is 0 Å². The highest BCUT2D eigenvalue weighted by molar-refractivity contribution is 5.95. The predicted molar refractivity (Wildman–Crippen MR) is 87.2 cm³/mol. The van der Waals surface area contributed by atoms with E-state index in [2.05, 4.69) is 27.4 Å². The van der Waals surface area contributed by atoms with Gasteiger partial charge in [0.2, 0.25) is 0 Å². The lowest BCUT2D eigenvalue weighted by atomic mass is 10.1. The first-order valence-corrected chi connectivity index (χ1v) is 8.27. The number of aromatic amines is 1. The first-order chi connectivity index (χ1) is 11.2. The molecule has 1 amide bonds. The van der Waals surface area contributed by atoms with E-state index in [4.69, 9.17) is 0 Å². The first kappa shape index (κ1) is 14.4. The predicted octanol–water partition coefficient (Wildman–Crippen LogP) is 1.78. The normalized spacial score (nSPS) is 21.4. The van der Waals surface area contributed by atoms with Gasteiger partial charge in [-0.15, -0.1) is 0 Å². The molecule has 0 radical (unpaired) electrons. The molecule has 2 aliphatic rings. The van der Waals surface area contributed by atoms with E-state index in [0.717, 1.165) is 36.6 Å². The number of hydrogen-bond donors (Lipinski definition) is 2. The maximum absolute atomic E-state index is 12.6. The maximum Gasteiger partial charge on any atom is 0.254 e. The number of carbonyl (C=O) groups is 1. The Bertz CT molecular complexity index is 704. The lowest BCUT2D eigenvalue weighted by Crippen LogP contribution is -2.52. The Morgan fingerprint density at radius 1 is 1.26 bits per heavy atom. The first-order valence-electron chi connectivity index (χ1n) is 8.27. The highest BCUT2D eigenvalue weighted by atomic mass is 16.2. The van der Waals surface area contributed by atoms with Crippen LogP contribution in [0.15, 0.2) is 24.3 Å². The number of nitrogens with one attached hydrogen (secondary N) is 2. The van der Waals surface area contributed by atoms with Crippen molar-refractivity contribution in [2.45, 2.75) is 31.7 Å². The molecule has 1 aromatic carbocycles. The van der Waals surface area contributed by atoms with Crippen LogP contribution >= 0.6 is 0 Å². The van der Waals surface area contributed by atoms with Crippen LogP contribution in [-0.2, 0) is 0 Å². The third-order valence-electron chi connectivity index (χ3n) is 4.62. The van der Waals surface area contributed by atoms with Crippen LogP contribution in [0.3, 0.4) is 0 Å². The van der Waals surface area contributed by atoms with Gasteiger partial charge < -0.3 is 10.2 Å². The van der Waals surface area contributed by atoms with Crippen molar-refractivity contribution in [3.63, 3.8) is 0 Å². The van der Waals surface area contributed by atoms with Crippen LogP contribution in [-0.4, -0.2) is 51.7 Å². The van der Waals surface area contributed by atoms with Gasteiger partial charge in [-0.05, 0) is 31.9 Å². The minimum absolute atomic E-state index is 0.0965. The fourth-order valence-electron chi connectivity index (χ4n) is 3.01. The molecular weight excluding hydrogens is 290 g/mol. The van der Waals surface area contributed by atoms with Gasteiger partial charge in [-0.2, -0.15) is 5.10 Å². The monoisotopic (exact) mass is 311 g/mol. The average Bonchev–Trinajstić information content (AvgIpc) is 3.32. The Labute approximate surface area is 135 Å². The molecule has 1 aromatic heterocycles. The van der Waals surface area contributed by atoms with Crippen LogP contribution in [0.25, 0.3) is 11.4 Å². The van der Waals surface area contributed by atoms with Crippen molar-refractivity contribution >= 4 is 5.91 Å². The minimum Gasteiger partial charge on any atom is -0.333 e. The molecule has 1 aliphatic heterocycles. The van der Waals surface area contributed by atoms with Crippen LogP contribution in [0, 0.1) is 0 Å². The minimum atomic E-state index is 0.0965. The summed E-state index contributed by atoms with van der Waals surface area (Å²) in [4.78, 5) is 19.1. The third kappa shape index (κ3) is 2.86. The molecule has 2 aromatic rings. The molecule has 0 bridgehead atoms. The molecule has 1 saturated heterocycles. The summed E-state index contributed by atoms with van der Waals surface area (Å²) in [7, 11) is 0. The van der Waals surface area contributed by atoms with E-state index < -0.39 is 0 Å². The van der Waals surface area contributed by atoms with Gasteiger partial charge >= 0.3 is 0 Å². The molecule has 6 nitrogen and oxygen atoms in total. The zero-order valence-corrected chi connectivity index (χ0v) is 13.2. The lowest BCUT2D eigenvalue weighted by Gasteiger charge is -2.34. The van der Waals surface area contributed by atoms with Crippen LogP contribution in [0.1, 0.15) is 41.9 Å². The summed E-state index contributed by atoms with van der Waals surface area (Å²) in [6, 6.07) is 7.84. The van der Waals surface area contributed by atoms with E-state index in [9.17, 15) is 4.79 Å². The van der Waals surface area contributed by atoms with Crippen LogP contribution in [0.4, 0.5) is 0 Å². The summed E-state index contributed by atoms with van der Waals surface area (Å²) in [5, 5.41) is 10.6. The molecule has 120 valence electrons. The molecule has 23 heavy (non-hydrogen) atoms. The number of benzene rings is 1. The number of aromatic nitrogens is 3. The quantitative estimate of drug-likeness (QED) is 0.906. The SMILES string of the molecule is C[C@@H]1CNCCN1C(=O)c1ccc(-c2n[nH]c(C3CC3)n2)cc1. The van der Waals surface area contributed by atoms with Gasteiger partial charge in [0.1, 0.15) is 5.82 Å². The second-order valence-corrected chi connectivity index (χ2v) is 6.45. The molecule has 2 N–H and O–H groups in total. The Hall–Kier alpha value is -2.21. The van der Waals surface area contributed by atoms with Gasteiger partial charge in [0.25, 0.3) is 5.91 Å². The van der Waals surface area contributed by atoms with E-state index >= 15 is 0 Å². The molecular formula is C17H21N5O. The fourth-order valence-corrected chi connectivity index (χ4v) is 3.01. The molecule has 2 fully saturated rings. The van der Waals surface area contributed by atoms with Crippen molar-refractivity contribution in [2.75, 3.05) is 19.6 Å². The largest absolute Gasteiger partial charge is 0.333 e. The molecule has 0 spiro atoms. The number of rotatable bonds is 3. The van der Waals surface area contributed by atoms with Crippen LogP contribution < -0.4 is 5.32 Å². The number of carbonyl (C=O) groups excluding carboxylic acids is 1. The Balaban J connectivity index is 1.51. The molecule has 1 atom stereocenters. The van der Waals surface area contributed by atoms with Crippen molar-refractivity contribution in [3.05, 3.63) is 35.7 Å². The van der Waals surface area contributed by atoms with Gasteiger partial charge in [-0.1, -0.05) is 12.1 Å². The van der Waals surface area contributed by atoms with Gasteiger partial charge in [-0.25, -0.2) is 4.98 Å². The lowest BCUT2D eigenvalue weighted by molar-refractivity contribution is 0.0656. The summed E-state index contributed by atoms with van der Waals surface area (Å²) in [6.45, 7) is 4.54. The van der Waals surface area contributed by atoms with E-state index in [1.807, 2.05) is 29.2 Å². The van der Waals surface area contributed by atoms with Crippen LogP contribution in [0.5, 0.6) is 0 Å². The van der Waals surface area contributed by atoms with E-state index in [1.165, 1.54) is 12.8 Å². The number of nitrogens with zero attached hydrogens (tertiary/aromatic N) is 3. The van der Waals surface area contributed by atoms with Gasteiger partial charge in [0.15, 0.2) is 5.82 Å². The number of piperazine rings is 1. The second kappa shape index (κ2) is 5.77. The van der Waals surface area contributed by atoms with Crippen molar-refractivity contribution < 1.29 is 4.79 Å². The zero-order chi connectivity index (χ0) is 15.8. The van der Waals surface area contributed by atoms with Gasteiger partial charge in [0, 0.05) is 42.7 Å². The Morgan fingerprint density at radius 3 is 2.74 bits per heavy atom. The molecule has 6 heteroatoms. The van der Waals surface area contributed by atoms with Gasteiger partial charge in [0.05, 0.1) is 0 Å². The highest BCUT2D eigenvalue weighted by Crippen LogP contribution is 2.38. The van der Waals surface area contributed by atoms with E-state index in [0.29, 0.717) is 11.7 Å². The maximum atomic E-state index is 12.6. The second-order valence-electron chi connectivity index (χ2n) is 6.45. The number of amides is 1. The zero-order valence-electron chi connectivity index (χ0n) is 13.2. The fraction of sp³-hybridized carbons (Fsp3) is 0.471. The molecule has 1 saturated carbocycles. The number of hydrogen-bond acceptors (Lipinski definition) is 4. The molecule has 2 heterocycles. The Morgan fingerprint density at radius 2 is 2.04 bits per heavy atom. The summed E-state index contributed by atoms with van der Waals surface area (Å²) in [5.41, 5.74) is 1.67. The molecule has 0 unspecified atom stereocenters. The van der Waals surface area contributed by atoms with Crippen molar-refractivity contribution in [1.29, 1.82) is 0 Å². The standard InChI is InChI=1S/C17H21N5O/c1-11-10-18-8-9-22(11)17(23)14-6-4-13(5-7-14)16-19-15(20-21-16)12-2-3-12/h4-7,11-12,18H,2-3,8-10H2,1H3,(H,19,20,21)/t11-/m1/s1.